The maximum absolute atomic E-state index is 11.9. The first-order chi connectivity index (χ1) is 12.5. The summed E-state index contributed by atoms with van der Waals surface area (Å²) in [7, 11) is 0. The van der Waals surface area contributed by atoms with Gasteiger partial charge in [-0.1, -0.05) is 11.8 Å². The number of non-ortho nitro benzene ring substituents is 1. The van der Waals surface area contributed by atoms with Crippen LogP contribution >= 0.6 is 11.8 Å². The molecule has 132 valence electrons. The number of nitrogens with one attached hydrogen (secondary N) is 1. The van der Waals surface area contributed by atoms with Gasteiger partial charge in [-0.05, 0) is 17.7 Å². The lowest BCUT2D eigenvalue weighted by molar-refractivity contribution is -0.384. The van der Waals surface area contributed by atoms with E-state index in [-0.39, 0.29) is 23.2 Å². The van der Waals surface area contributed by atoms with E-state index in [1.165, 1.54) is 41.3 Å². The molecule has 12 heteroatoms. The molecule has 0 unspecified atom stereocenters. The molecule has 0 aliphatic heterocycles. The molecule has 0 atom stereocenters. The van der Waals surface area contributed by atoms with Gasteiger partial charge in [0.05, 0.1) is 16.9 Å². The van der Waals surface area contributed by atoms with Crippen LogP contribution in [0.3, 0.4) is 0 Å². The number of nitrogen functional groups attached to an aromatic ring is 1. The van der Waals surface area contributed by atoms with Gasteiger partial charge in [0.1, 0.15) is 12.1 Å². The zero-order valence-corrected chi connectivity index (χ0v) is 14.0. The van der Waals surface area contributed by atoms with Crippen LogP contribution in [0.4, 0.5) is 11.5 Å². The molecule has 1 amide bonds. The van der Waals surface area contributed by atoms with Crippen molar-refractivity contribution in [2.75, 3.05) is 11.5 Å². The Morgan fingerprint density at radius 1 is 1.42 bits per heavy atom. The summed E-state index contributed by atoms with van der Waals surface area (Å²) in [6.45, 7) is 0. The highest BCUT2D eigenvalue weighted by atomic mass is 32.2. The summed E-state index contributed by atoms with van der Waals surface area (Å²) in [5.41, 5.74) is 9.20. The Morgan fingerprint density at radius 3 is 2.92 bits per heavy atom. The van der Waals surface area contributed by atoms with Gasteiger partial charge in [0.2, 0.25) is 0 Å². The molecule has 0 radical (unpaired) electrons. The first kappa shape index (κ1) is 17.3. The Labute approximate surface area is 150 Å². The quantitative estimate of drug-likeness (QED) is 0.212. The molecule has 0 saturated carbocycles. The van der Waals surface area contributed by atoms with Crippen LogP contribution in [-0.4, -0.2) is 42.4 Å². The maximum Gasteiger partial charge on any atom is 0.269 e. The molecular formula is C14H12N8O3S. The molecule has 2 aromatic heterocycles. The van der Waals surface area contributed by atoms with Gasteiger partial charge in [0, 0.05) is 18.2 Å². The van der Waals surface area contributed by atoms with Crippen LogP contribution in [0.15, 0.2) is 46.9 Å². The van der Waals surface area contributed by atoms with Gasteiger partial charge in [0.25, 0.3) is 11.6 Å². The maximum atomic E-state index is 11.9. The number of thioether (sulfide) groups is 1. The number of rotatable bonds is 6. The molecule has 1 aromatic carbocycles. The van der Waals surface area contributed by atoms with Crippen molar-refractivity contribution in [3.8, 4) is 0 Å². The Kier molecular flexibility index (Phi) is 5.03. The highest BCUT2D eigenvalue weighted by molar-refractivity contribution is 7.99. The van der Waals surface area contributed by atoms with Crippen LogP contribution < -0.4 is 11.2 Å². The molecule has 0 saturated heterocycles. The molecule has 0 spiro atoms. The van der Waals surface area contributed by atoms with Gasteiger partial charge in [-0.2, -0.15) is 14.7 Å². The monoisotopic (exact) mass is 372 g/mol. The number of hydrazone groups is 1. The second-order valence-electron chi connectivity index (χ2n) is 4.92. The number of carbonyl (C=O) groups excluding carboxylic acids is 1. The van der Waals surface area contributed by atoms with Gasteiger partial charge in [-0.3, -0.25) is 14.9 Å². The lowest BCUT2D eigenvalue weighted by atomic mass is 10.2. The molecule has 0 aliphatic carbocycles. The van der Waals surface area contributed by atoms with Gasteiger partial charge < -0.3 is 5.73 Å². The van der Waals surface area contributed by atoms with Crippen molar-refractivity contribution in [1.82, 2.24) is 25.0 Å². The van der Waals surface area contributed by atoms with E-state index in [1.54, 1.807) is 6.07 Å². The highest BCUT2D eigenvalue weighted by Gasteiger charge is 2.09. The summed E-state index contributed by atoms with van der Waals surface area (Å²) in [5.74, 6) is -0.0292. The molecule has 3 N–H and O–H groups in total. The van der Waals surface area contributed by atoms with Crippen molar-refractivity contribution >= 4 is 41.0 Å². The molecule has 2 heterocycles. The summed E-state index contributed by atoms with van der Waals surface area (Å²) < 4.78 is 1.48. The van der Waals surface area contributed by atoms with E-state index in [2.05, 4.69) is 25.6 Å². The third-order valence-electron chi connectivity index (χ3n) is 3.10. The normalized spacial score (nSPS) is 11.1. The molecular weight excluding hydrogens is 360 g/mol. The van der Waals surface area contributed by atoms with Crippen molar-refractivity contribution in [2.24, 2.45) is 5.10 Å². The van der Waals surface area contributed by atoms with Crippen LogP contribution in [0.25, 0.3) is 5.65 Å². The SMILES string of the molecule is Nc1cc2ncnn2c(SCC(=O)N/N=C/c2ccc([N+](=O)[O-])cc2)n1. The molecule has 26 heavy (non-hydrogen) atoms. The average Bonchev–Trinajstić information content (AvgIpc) is 3.08. The van der Waals surface area contributed by atoms with Gasteiger partial charge in [-0.15, -0.1) is 0 Å². The van der Waals surface area contributed by atoms with Crippen LogP contribution in [0, 0.1) is 10.1 Å². The number of benzene rings is 1. The minimum absolute atomic E-state index is 0.0170. The highest BCUT2D eigenvalue weighted by Crippen LogP contribution is 2.17. The van der Waals surface area contributed by atoms with E-state index >= 15 is 0 Å². The number of anilines is 1. The second kappa shape index (κ2) is 7.57. The zero-order valence-electron chi connectivity index (χ0n) is 13.1. The van der Waals surface area contributed by atoms with Crippen molar-refractivity contribution in [1.29, 1.82) is 0 Å². The number of hydrogen-bond acceptors (Lipinski definition) is 9. The lowest BCUT2D eigenvalue weighted by Crippen LogP contribution is -2.20. The van der Waals surface area contributed by atoms with Crippen molar-refractivity contribution in [3.05, 3.63) is 52.3 Å². The molecule has 11 nitrogen and oxygen atoms in total. The van der Waals surface area contributed by atoms with Crippen LogP contribution in [0.5, 0.6) is 0 Å². The largest absolute Gasteiger partial charge is 0.383 e. The second-order valence-corrected chi connectivity index (χ2v) is 5.87. The molecule has 0 bridgehead atoms. The number of amides is 1. The number of nitro benzene ring substituents is 1. The summed E-state index contributed by atoms with van der Waals surface area (Å²) in [5, 5.41) is 18.8. The fourth-order valence-electron chi connectivity index (χ4n) is 1.94. The van der Waals surface area contributed by atoms with Crippen LogP contribution in [0.2, 0.25) is 0 Å². The third kappa shape index (κ3) is 4.10. The van der Waals surface area contributed by atoms with Gasteiger partial charge >= 0.3 is 0 Å². The Balaban J connectivity index is 1.55. The summed E-state index contributed by atoms with van der Waals surface area (Å²) in [6.07, 6.45) is 2.76. The smallest absolute Gasteiger partial charge is 0.269 e. The van der Waals surface area contributed by atoms with Crippen molar-refractivity contribution in [2.45, 2.75) is 5.16 Å². The number of nitrogens with two attached hydrogens (primary N) is 1. The van der Waals surface area contributed by atoms with E-state index in [0.717, 1.165) is 11.8 Å². The Bertz CT molecular complexity index is 986. The van der Waals surface area contributed by atoms with E-state index in [9.17, 15) is 14.9 Å². The molecule has 0 aliphatic rings. The van der Waals surface area contributed by atoms with E-state index in [1.807, 2.05) is 0 Å². The Morgan fingerprint density at radius 2 is 2.19 bits per heavy atom. The summed E-state index contributed by atoms with van der Waals surface area (Å²) in [6, 6.07) is 7.34. The number of aromatic nitrogens is 4. The zero-order chi connectivity index (χ0) is 18.5. The van der Waals surface area contributed by atoms with E-state index < -0.39 is 4.92 Å². The first-order valence-electron chi connectivity index (χ1n) is 7.18. The summed E-state index contributed by atoms with van der Waals surface area (Å²) in [4.78, 5) is 30.1. The number of fused-ring (bicyclic) bond motifs is 1. The fraction of sp³-hybridized carbons (Fsp3) is 0.0714. The first-order valence-corrected chi connectivity index (χ1v) is 8.17. The van der Waals surface area contributed by atoms with Gasteiger partial charge in [0.15, 0.2) is 10.8 Å². The standard InChI is InChI=1S/C14H12N8O3S/c15-11-5-12-16-8-18-21(12)14(19-11)26-7-13(23)20-17-6-9-1-3-10(4-2-9)22(24)25/h1-6,8H,7,15H2,(H,20,23)/b17-6+. The minimum Gasteiger partial charge on any atom is -0.383 e. The minimum atomic E-state index is -0.490. The lowest BCUT2D eigenvalue weighted by Gasteiger charge is -2.03. The fourth-order valence-corrected chi connectivity index (χ4v) is 2.69. The van der Waals surface area contributed by atoms with Crippen molar-refractivity contribution in [3.63, 3.8) is 0 Å². The average molecular weight is 372 g/mol. The Hall–Kier alpha value is -3.54. The van der Waals surface area contributed by atoms with Crippen LogP contribution in [0.1, 0.15) is 5.56 Å². The van der Waals surface area contributed by atoms with Crippen molar-refractivity contribution < 1.29 is 9.72 Å². The third-order valence-corrected chi connectivity index (χ3v) is 4.03. The summed E-state index contributed by atoms with van der Waals surface area (Å²) >= 11 is 1.14. The predicted octanol–water partition coefficient (Wildman–Crippen LogP) is 0.857. The molecule has 3 rings (SSSR count). The topological polar surface area (TPSA) is 154 Å². The predicted molar refractivity (Wildman–Crippen MR) is 94.8 cm³/mol. The van der Waals surface area contributed by atoms with Crippen LogP contribution in [-0.2, 0) is 4.79 Å². The number of nitro groups is 1. The van der Waals surface area contributed by atoms with E-state index in [4.69, 9.17) is 5.73 Å². The number of nitrogens with zero attached hydrogens (tertiary/aromatic N) is 6. The number of carbonyl (C=O) groups is 1. The van der Waals surface area contributed by atoms with E-state index in [0.29, 0.717) is 16.4 Å². The molecule has 3 aromatic rings. The number of hydrogen-bond donors (Lipinski definition) is 2. The molecule has 0 fully saturated rings. The van der Waals surface area contributed by atoms with Gasteiger partial charge in [-0.25, -0.2) is 15.4 Å².